The monoisotopic (exact) mass is 859 g/mol. The number of nitriles is 1. The van der Waals surface area contributed by atoms with E-state index < -0.39 is 41.5 Å². The Balaban J connectivity index is 0.763. The van der Waals surface area contributed by atoms with Crippen molar-refractivity contribution >= 4 is 64.1 Å². The Labute approximate surface area is 361 Å². The van der Waals surface area contributed by atoms with Gasteiger partial charge in [-0.25, -0.2) is 15.0 Å². The lowest BCUT2D eigenvalue weighted by Gasteiger charge is -2.43. The van der Waals surface area contributed by atoms with Crippen molar-refractivity contribution in [2.24, 2.45) is 0 Å². The lowest BCUT2D eigenvalue weighted by Crippen LogP contribution is -2.54. The molecule has 4 aromatic rings. The Morgan fingerprint density at radius 2 is 1.58 bits per heavy atom. The van der Waals surface area contributed by atoms with E-state index in [1.54, 1.807) is 35.2 Å². The molecule has 18 heteroatoms. The highest BCUT2D eigenvalue weighted by Crippen LogP contribution is 2.34. The van der Waals surface area contributed by atoms with Crippen molar-refractivity contribution in [3.63, 3.8) is 0 Å². The molecule has 0 spiro atoms. The normalized spacial score (nSPS) is 19.7. The van der Waals surface area contributed by atoms with E-state index in [0.717, 1.165) is 66.3 Å². The second-order valence-corrected chi connectivity index (χ2v) is 16.7. The Kier molecular flexibility index (Phi) is 11.0. The lowest BCUT2D eigenvalue weighted by molar-refractivity contribution is -0.136. The van der Waals surface area contributed by atoms with Gasteiger partial charge in [-0.05, 0) is 94.1 Å². The topological polar surface area (TPSA) is 188 Å². The van der Waals surface area contributed by atoms with Crippen LogP contribution >= 0.6 is 11.6 Å². The van der Waals surface area contributed by atoms with Crippen molar-refractivity contribution in [1.82, 2.24) is 35.0 Å². The molecule has 5 amide bonds. The predicted octanol–water partition coefficient (Wildman–Crippen LogP) is 4.45. The van der Waals surface area contributed by atoms with E-state index in [-0.39, 0.29) is 41.4 Å². The quantitative estimate of drug-likeness (QED) is 0.187. The summed E-state index contributed by atoms with van der Waals surface area (Å²) in [5.41, 5.74) is 4.26. The first-order chi connectivity index (χ1) is 30.0. The highest BCUT2D eigenvalue weighted by molar-refractivity contribution is 6.32. The molecule has 1 unspecified atom stereocenters. The van der Waals surface area contributed by atoms with Crippen LogP contribution in [0.2, 0.25) is 5.02 Å². The van der Waals surface area contributed by atoms with E-state index in [1.807, 2.05) is 12.1 Å². The van der Waals surface area contributed by atoms with E-state index in [9.17, 15) is 29.2 Å². The first-order valence-electron chi connectivity index (χ1n) is 20.8. The van der Waals surface area contributed by atoms with Gasteiger partial charge in [-0.2, -0.15) is 9.65 Å². The predicted molar refractivity (Wildman–Crippen MR) is 225 cm³/mol. The van der Waals surface area contributed by atoms with Gasteiger partial charge in [-0.15, -0.1) is 0 Å². The number of amides is 5. The van der Waals surface area contributed by atoms with Crippen molar-refractivity contribution in [2.75, 3.05) is 54.9 Å². The van der Waals surface area contributed by atoms with Crippen LogP contribution in [0.15, 0.2) is 54.9 Å². The molecular weight excluding hydrogens is 817 g/mol. The summed E-state index contributed by atoms with van der Waals surface area (Å²) in [7, 11) is 2.12. The number of hydrogen-bond acceptors (Lipinski definition) is 13. The summed E-state index contributed by atoms with van der Waals surface area (Å²) in [6.07, 6.45) is 5.48. The van der Waals surface area contributed by atoms with Crippen LogP contribution in [0.25, 0.3) is 0 Å². The van der Waals surface area contributed by atoms with E-state index >= 15 is 4.39 Å². The number of nitrogens with zero attached hydrogens (tertiary/aromatic N) is 9. The summed E-state index contributed by atoms with van der Waals surface area (Å²) < 4.78 is 15.5. The van der Waals surface area contributed by atoms with E-state index in [2.05, 4.69) is 53.4 Å². The Morgan fingerprint density at radius 1 is 0.871 bits per heavy atom. The minimum Gasteiger partial charge on any atom is -0.371 e. The molecule has 5 aliphatic heterocycles. The van der Waals surface area contributed by atoms with Crippen LogP contribution in [0.1, 0.15) is 86.4 Å². The summed E-state index contributed by atoms with van der Waals surface area (Å²) >= 11 is 6.28. The first kappa shape index (κ1) is 40.9. The average Bonchev–Trinajstić information content (AvgIpc) is 3.53. The molecule has 3 saturated heterocycles. The number of nitrogens with one attached hydrogen (secondary N) is 2. The minimum atomic E-state index is -1.01. The van der Waals surface area contributed by atoms with Gasteiger partial charge in [0.1, 0.15) is 30.1 Å². The summed E-state index contributed by atoms with van der Waals surface area (Å²) in [6.45, 7) is 3.62. The van der Waals surface area contributed by atoms with Gasteiger partial charge in [0.25, 0.3) is 17.7 Å². The van der Waals surface area contributed by atoms with Crippen LogP contribution in [-0.2, 0) is 22.6 Å². The van der Waals surface area contributed by atoms with Crippen LogP contribution < -0.4 is 20.4 Å². The number of pyridine rings is 1. The van der Waals surface area contributed by atoms with Crippen LogP contribution in [0.3, 0.4) is 0 Å². The molecule has 62 heavy (non-hydrogen) atoms. The fraction of sp³-hybridized carbons (Fsp3) is 0.386. The molecule has 0 radical (unpaired) electrons. The van der Waals surface area contributed by atoms with Crippen LogP contribution in [0, 0.1) is 17.3 Å². The van der Waals surface area contributed by atoms with Crippen molar-refractivity contribution in [2.45, 2.75) is 69.6 Å². The molecule has 2 aromatic carbocycles. The fourth-order valence-corrected chi connectivity index (χ4v) is 9.61. The molecule has 16 nitrogen and oxygen atoms in total. The minimum absolute atomic E-state index is 0.0670. The molecule has 318 valence electrons. The highest BCUT2D eigenvalue weighted by atomic mass is 35.5. The maximum Gasteiger partial charge on any atom is 0.262 e. The second kappa shape index (κ2) is 16.7. The van der Waals surface area contributed by atoms with Crippen molar-refractivity contribution in [1.29, 1.82) is 5.26 Å². The second-order valence-electron chi connectivity index (χ2n) is 16.3. The van der Waals surface area contributed by atoms with Crippen molar-refractivity contribution < 1.29 is 28.4 Å². The molecule has 2 aromatic heterocycles. The van der Waals surface area contributed by atoms with E-state index in [4.69, 9.17) is 11.6 Å². The molecule has 7 heterocycles. The molecule has 3 fully saturated rings. The number of aromatic nitrogens is 3. The van der Waals surface area contributed by atoms with E-state index in [0.29, 0.717) is 55.0 Å². The highest BCUT2D eigenvalue weighted by Gasteiger charge is 2.45. The number of carbonyl (C=O) groups excluding carboxylic acids is 5. The zero-order chi connectivity index (χ0) is 43.2. The van der Waals surface area contributed by atoms with Crippen molar-refractivity contribution in [3.8, 4) is 6.07 Å². The largest absolute Gasteiger partial charge is 0.371 e. The number of piperidine rings is 3. The first-order valence-corrected chi connectivity index (χ1v) is 21.2. The molecule has 9 rings (SSSR count). The Bertz CT molecular complexity index is 2550. The van der Waals surface area contributed by atoms with Gasteiger partial charge >= 0.3 is 0 Å². The van der Waals surface area contributed by atoms with Gasteiger partial charge < -0.3 is 24.9 Å². The maximum absolute atomic E-state index is 15.5. The van der Waals surface area contributed by atoms with Gasteiger partial charge in [0, 0.05) is 68.2 Å². The van der Waals surface area contributed by atoms with Crippen LogP contribution in [-0.4, -0.2) is 117 Å². The number of imide groups is 2. The number of benzene rings is 2. The number of halogens is 2. The number of fused-ring (bicyclic) bond motifs is 2. The summed E-state index contributed by atoms with van der Waals surface area (Å²) in [6, 6.07) is 15.2. The average molecular weight is 860 g/mol. The lowest BCUT2D eigenvalue weighted by atomic mass is 9.96. The van der Waals surface area contributed by atoms with Crippen LogP contribution in [0.5, 0.6) is 0 Å². The Hall–Kier alpha value is -6.51. The van der Waals surface area contributed by atoms with Gasteiger partial charge in [0.15, 0.2) is 0 Å². The number of carbonyl (C=O) groups is 5. The molecule has 5 aliphatic rings. The van der Waals surface area contributed by atoms with Gasteiger partial charge in [0.05, 0.1) is 39.5 Å². The summed E-state index contributed by atoms with van der Waals surface area (Å²) in [4.78, 5) is 86.6. The number of rotatable bonds is 8. The third kappa shape index (κ3) is 7.68. The van der Waals surface area contributed by atoms with Crippen molar-refractivity contribution in [3.05, 3.63) is 99.3 Å². The molecule has 0 aliphatic carbocycles. The smallest absolute Gasteiger partial charge is 0.262 e. The van der Waals surface area contributed by atoms with E-state index in [1.165, 1.54) is 12.4 Å². The fourth-order valence-electron chi connectivity index (χ4n) is 9.39. The molecule has 0 bridgehead atoms. The standard InChI is InChI=1S/C44H43ClFN11O5/c1-53(26-10-15-54(16-11-26)28-4-5-30-33(20-28)44(62)57(43(30)61)36-7-9-38(58)52-41(36)59)27-12-17-55(18-13-27)42(60)32-6-8-37(50-39(32)46)51-40-31-14-19-56(23-35(31)48-24-49-40)29-3-2-25(22-47)34(45)21-29/h2-6,8,20-21,24,26-27,36H,7,9-19,23H2,1H3,(H,52,58,59)(H,48,49,50,51). The number of likely N-dealkylation sites (tertiary alicyclic amines) is 1. The van der Waals surface area contributed by atoms with Gasteiger partial charge in [-0.1, -0.05) is 11.6 Å². The van der Waals surface area contributed by atoms with Gasteiger partial charge in [0.2, 0.25) is 17.8 Å². The number of hydrogen-bond donors (Lipinski definition) is 2. The molecule has 2 N–H and O–H groups in total. The third-order valence-electron chi connectivity index (χ3n) is 12.9. The maximum atomic E-state index is 15.5. The van der Waals surface area contributed by atoms with Gasteiger partial charge in [-0.3, -0.25) is 34.2 Å². The zero-order valence-electron chi connectivity index (χ0n) is 33.9. The van der Waals surface area contributed by atoms with Crippen LogP contribution in [0.4, 0.5) is 27.4 Å². The molecule has 1 atom stereocenters. The third-order valence-corrected chi connectivity index (χ3v) is 13.2. The zero-order valence-corrected chi connectivity index (χ0v) is 34.7. The summed E-state index contributed by atoms with van der Waals surface area (Å²) in [5, 5.41) is 15.0. The molecular formula is C44H43ClFN11O5. The number of anilines is 4. The Morgan fingerprint density at radius 3 is 2.29 bits per heavy atom. The molecule has 0 saturated carbocycles. The SMILES string of the molecule is CN(C1CCN(C(=O)c2ccc(Nc3ncnc4c3CCN(c3ccc(C#N)c(Cl)c3)C4)nc2F)CC1)C1CCN(c2ccc3c(c2)C(=O)N(C2CCC(=O)NC2=O)C3=O)CC1. The summed E-state index contributed by atoms with van der Waals surface area (Å²) in [5.74, 6) is -2.59.